The lowest BCUT2D eigenvalue weighted by atomic mass is 9.86. The number of allylic oxidation sites excluding steroid dienone is 8. The van der Waals surface area contributed by atoms with E-state index in [2.05, 4.69) is 38.3 Å². The summed E-state index contributed by atoms with van der Waals surface area (Å²) < 4.78 is 14.0. The van der Waals surface area contributed by atoms with Crippen molar-refractivity contribution >= 4 is 5.57 Å². The predicted octanol–water partition coefficient (Wildman–Crippen LogP) is 6.86. The minimum Gasteiger partial charge on any atom is -0.212 e. The smallest absolute Gasteiger partial charge is 0.101 e. The maximum atomic E-state index is 14.0. The van der Waals surface area contributed by atoms with Crippen LogP contribution in [-0.2, 0) is 0 Å². The first-order chi connectivity index (χ1) is 11.0. The van der Waals surface area contributed by atoms with E-state index < -0.39 is 0 Å². The summed E-state index contributed by atoms with van der Waals surface area (Å²) >= 11 is 0. The summed E-state index contributed by atoms with van der Waals surface area (Å²) in [6.07, 6.45) is 6.45. The molecule has 0 unspecified atom stereocenters. The van der Waals surface area contributed by atoms with Crippen LogP contribution in [0.1, 0.15) is 44.2 Å². The van der Waals surface area contributed by atoms with Gasteiger partial charge in [0.15, 0.2) is 0 Å². The standard InChI is InChI=1S/C22H25F/c1-6-18(7-2)22-16(4)20(17(5)23)13-10-14-21(22)19-12-9-8-11-15(19)3/h6-9,11-12H,1,4,10,13-14H2,2-3,5H3/b18-7+,20-17+. The zero-order valence-corrected chi connectivity index (χ0v) is 14.4. The number of rotatable bonds is 3. The molecule has 0 bridgehead atoms. The van der Waals surface area contributed by atoms with Gasteiger partial charge in [-0.2, -0.15) is 0 Å². The van der Waals surface area contributed by atoms with Gasteiger partial charge in [0.25, 0.3) is 0 Å². The second-order valence-corrected chi connectivity index (χ2v) is 5.96. The van der Waals surface area contributed by atoms with Crippen molar-refractivity contribution in [2.45, 2.75) is 40.0 Å². The van der Waals surface area contributed by atoms with E-state index in [-0.39, 0.29) is 5.83 Å². The highest BCUT2D eigenvalue weighted by molar-refractivity contribution is 5.82. The van der Waals surface area contributed by atoms with E-state index in [4.69, 9.17) is 0 Å². The summed E-state index contributed by atoms with van der Waals surface area (Å²) in [6, 6.07) is 8.37. The van der Waals surface area contributed by atoms with Gasteiger partial charge in [-0.15, -0.1) is 0 Å². The summed E-state index contributed by atoms with van der Waals surface area (Å²) in [5, 5.41) is 0. The van der Waals surface area contributed by atoms with Crippen LogP contribution in [0.5, 0.6) is 0 Å². The fraction of sp³-hybridized carbons (Fsp3) is 0.273. The third kappa shape index (κ3) is 3.44. The molecule has 0 aromatic heterocycles. The molecule has 0 saturated heterocycles. The Kier molecular flexibility index (Phi) is 5.54. The molecule has 0 saturated carbocycles. The normalized spacial score (nSPS) is 18.8. The Bertz CT molecular complexity index is 722. The van der Waals surface area contributed by atoms with Crippen LogP contribution in [0.25, 0.3) is 5.57 Å². The first kappa shape index (κ1) is 17.2. The molecule has 0 aliphatic heterocycles. The van der Waals surface area contributed by atoms with Gasteiger partial charge in [-0.25, -0.2) is 4.39 Å². The molecular weight excluding hydrogens is 283 g/mol. The van der Waals surface area contributed by atoms with E-state index in [9.17, 15) is 4.39 Å². The van der Waals surface area contributed by atoms with E-state index in [1.165, 1.54) is 23.6 Å². The molecule has 23 heavy (non-hydrogen) atoms. The molecular formula is C22H25F. The zero-order chi connectivity index (χ0) is 17.0. The van der Waals surface area contributed by atoms with Gasteiger partial charge in [0.2, 0.25) is 0 Å². The Balaban J connectivity index is 2.79. The Morgan fingerprint density at radius 1 is 1.22 bits per heavy atom. The van der Waals surface area contributed by atoms with Crippen molar-refractivity contribution in [1.82, 2.24) is 0 Å². The molecule has 0 spiro atoms. The van der Waals surface area contributed by atoms with Crippen molar-refractivity contribution in [3.8, 4) is 0 Å². The Morgan fingerprint density at radius 2 is 1.91 bits per heavy atom. The summed E-state index contributed by atoms with van der Waals surface area (Å²) in [4.78, 5) is 0. The molecule has 0 atom stereocenters. The Hall–Kier alpha value is -2.15. The van der Waals surface area contributed by atoms with Crippen LogP contribution in [0.15, 0.2) is 77.7 Å². The summed E-state index contributed by atoms with van der Waals surface area (Å²) in [5.74, 6) is -0.127. The van der Waals surface area contributed by atoms with E-state index in [0.29, 0.717) is 0 Å². The third-order valence-corrected chi connectivity index (χ3v) is 4.53. The first-order valence-electron chi connectivity index (χ1n) is 8.14. The molecule has 2 rings (SSSR count). The maximum Gasteiger partial charge on any atom is 0.101 e. The summed E-state index contributed by atoms with van der Waals surface area (Å²) in [5.41, 5.74) is 7.31. The van der Waals surface area contributed by atoms with Crippen molar-refractivity contribution in [3.05, 3.63) is 88.8 Å². The molecule has 0 heterocycles. The highest BCUT2D eigenvalue weighted by atomic mass is 19.1. The molecule has 0 radical (unpaired) electrons. The minimum atomic E-state index is -0.127. The second kappa shape index (κ2) is 7.41. The number of aryl methyl sites for hydroxylation is 1. The molecule has 120 valence electrons. The topological polar surface area (TPSA) is 0 Å². The van der Waals surface area contributed by atoms with Crippen LogP contribution in [0, 0.1) is 6.92 Å². The van der Waals surface area contributed by atoms with Crippen molar-refractivity contribution in [3.63, 3.8) is 0 Å². The van der Waals surface area contributed by atoms with Crippen LogP contribution in [0.4, 0.5) is 4.39 Å². The van der Waals surface area contributed by atoms with E-state index in [1.54, 1.807) is 0 Å². The van der Waals surface area contributed by atoms with Crippen LogP contribution in [-0.4, -0.2) is 0 Å². The van der Waals surface area contributed by atoms with Gasteiger partial charge in [0.05, 0.1) is 0 Å². The zero-order valence-electron chi connectivity index (χ0n) is 14.4. The van der Waals surface area contributed by atoms with Crippen LogP contribution in [0.2, 0.25) is 0 Å². The molecule has 1 aromatic carbocycles. The van der Waals surface area contributed by atoms with Crippen LogP contribution >= 0.6 is 0 Å². The Labute approximate surface area is 139 Å². The molecule has 0 amide bonds. The number of halogens is 1. The fourth-order valence-electron chi connectivity index (χ4n) is 3.32. The largest absolute Gasteiger partial charge is 0.212 e. The summed E-state index contributed by atoms with van der Waals surface area (Å²) in [7, 11) is 0. The molecule has 0 fully saturated rings. The molecule has 1 aliphatic carbocycles. The highest BCUT2D eigenvalue weighted by Gasteiger charge is 2.23. The quantitative estimate of drug-likeness (QED) is 0.535. The van der Waals surface area contributed by atoms with E-state index >= 15 is 0 Å². The first-order valence-corrected chi connectivity index (χ1v) is 8.14. The molecule has 1 aromatic rings. The van der Waals surface area contributed by atoms with Crippen LogP contribution in [0.3, 0.4) is 0 Å². The average Bonchev–Trinajstić information content (AvgIpc) is 2.69. The van der Waals surface area contributed by atoms with Gasteiger partial charge in [-0.1, -0.05) is 49.6 Å². The number of benzene rings is 1. The lowest BCUT2D eigenvalue weighted by Crippen LogP contribution is -1.99. The lowest BCUT2D eigenvalue weighted by molar-refractivity contribution is 0.619. The number of hydrogen-bond donors (Lipinski definition) is 0. The van der Waals surface area contributed by atoms with Gasteiger partial charge in [-0.3, -0.25) is 0 Å². The maximum absolute atomic E-state index is 14.0. The van der Waals surface area contributed by atoms with E-state index in [0.717, 1.165) is 41.6 Å². The SMILES string of the molecule is C=C/C(=C\C)C1=C(c2ccccc2C)CCC/C(=C(/C)F)C1=C. The second-order valence-electron chi connectivity index (χ2n) is 5.96. The fourth-order valence-corrected chi connectivity index (χ4v) is 3.32. The molecule has 1 aliphatic rings. The third-order valence-electron chi connectivity index (χ3n) is 4.53. The Morgan fingerprint density at radius 3 is 2.48 bits per heavy atom. The van der Waals surface area contributed by atoms with Gasteiger partial charge in [0.1, 0.15) is 5.83 Å². The predicted molar refractivity (Wildman–Crippen MR) is 98.9 cm³/mol. The minimum absolute atomic E-state index is 0.127. The monoisotopic (exact) mass is 308 g/mol. The van der Waals surface area contributed by atoms with Gasteiger partial charge < -0.3 is 0 Å². The average molecular weight is 308 g/mol. The molecule has 0 nitrogen and oxygen atoms in total. The summed E-state index contributed by atoms with van der Waals surface area (Å²) in [6.45, 7) is 13.8. The highest BCUT2D eigenvalue weighted by Crippen LogP contribution is 2.42. The van der Waals surface area contributed by atoms with Crippen LogP contribution < -0.4 is 0 Å². The van der Waals surface area contributed by atoms with E-state index in [1.807, 2.05) is 25.1 Å². The van der Waals surface area contributed by atoms with Crippen molar-refractivity contribution in [1.29, 1.82) is 0 Å². The van der Waals surface area contributed by atoms with Crippen molar-refractivity contribution in [2.75, 3.05) is 0 Å². The van der Waals surface area contributed by atoms with Crippen molar-refractivity contribution in [2.24, 2.45) is 0 Å². The molecule has 1 heteroatoms. The number of hydrogen-bond acceptors (Lipinski definition) is 0. The van der Waals surface area contributed by atoms with Gasteiger partial charge >= 0.3 is 0 Å². The van der Waals surface area contributed by atoms with Gasteiger partial charge in [-0.05, 0) is 79.0 Å². The van der Waals surface area contributed by atoms with Crippen molar-refractivity contribution < 1.29 is 4.39 Å². The van der Waals surface area contributed by atoms with Gasteiger partial charge in [0, 0.05) is 0 Å². The molecule has 0 N–H and O–H groups in total. The lowest BCUT2D eigenvalue weighted by Gasteiger charge is -2.18.